The maximum Gasteiger partial charge on any atom is 0.265 e. The summed E-state index contributed by atoms with van der Waals surface area (Å²) in [4.78, 5) is 25.5. The topological polar surface area (TPSA) is 67.4 Å². The molecule has 28 heavy (non-hydrogen) atoms. The van der Waals surface area contributed by atoms with E-state index in [1.807, 2.05) is 67.6 Å². The lowest BCUT2D eigenvalue weighted by molar-refractivity contribution is -0.114. The number of nitrogens with one attached hydrogen (secondary N) is 2. The minimum Gasteiger partial charge on any atom is -0.492 e. The van der Waals surface area contributed by atoms with Gasteiger partial charge in [-0.2, -0.15) is 0 Å². The molecule has 0 atom stereocenters. The highest BCUT2D eigenvalue weighted by Crippen LogP contribution is 2.36. The predicted octanol–water partition coefficient (Wildman–Crippen LogP) is 4.70. The first-order valence-electron chi connectivity index (χ1n) is 9.03. The molecule has 6 heteroatoms. The number of ether oxygens (including phenoxy) is 1. The van der Waals surface area contributed by atoms with Crippen LogP contribution in [0.2, 0.25) is 0 Å². The van der Waals surface area contributed by atoms with Gasteiger partial charge < -0.3 is 15.4 Å². The van der Waals surface area contributed by atoms with Crippen LogP contribution in [0.4, 0.5) is 5.69 Å². The van der Waals surface area contributed by atoms with Crippen LogP contribution in [-0.2, 0) is 11.3 Å². The summed E-state index contributed by atoms with van der Waals surface area (Å²) in [6.07, 6.45) is 0. The Labute approximate surface area is 168 Å². The maximum absolute atomic E-state index is 12.8. The van der Waals surface area contributed by atoms with Crippen molar-refractivity contribution in [3.8, 4) is 16.2 Å². The number of carbonyl (C=O) groups is 2. The lowest BCUT2D eigenvalue weighted by Crippen LogP contribution is -2.22. The van der Waals surface area contributed by atoms with Gasteiger partial charge in [0.2, 0.25) is 5.91 Å². The van der Waals surface area contributed by atoms with E-state index >= 15 is 0 Å². The van der Waals surface area contributed by atoms with E-state index in [-0.39, 0.29) is 11.8 Å². The van der Waals surface area contributed by atoms with Gasteiger partial charge in [-0.25, -0.2) is 0 Å². The molecule has 3 aromatic rings. The third kappa shape index (κ3) is 4.98. The molecule has 0 saturated carbocycles. The SMILES string of the molecule is CCOc1cc(-c2ccccc2)sc1C(=O)NCc1cccc(NC(C)=O)c1. The fraction of sp³-hybridized carbons (Fsp3) is 0.182. The number of benzene rings is 2. The first-order chi connectivity index (χ1) is 13.6. The standard InChI is InChI=1S/C22H22N2O3S/c1-3-27-19-13-20(17-9-5-4-6-10-17)28-21(19)22(26)23-14-16-8-7-11-18(12-16)24-15(2)25/h4-13H,3,14H2,1-2H3,(H,23,26)(H,24,25). The predicted molar refractivity (Wildman–Crippen MR) is 113 cm³/mol. The van der Waals surface area contributed by atoms with Gasteiger partial charge in [0.05, 0.1) is 6.61 Å². The van der Waals surface area contributed by atoms with Gasteiger partial charge in [-0.3, -0.25) is 9.59 Å². The molecule has 2 amide bonds. The Balaban J connectivity index is 1.75. The van der Waals surface area contributed by atoms with Crippen molar-refractivity contribution in [2.24, 2.45) is 0 Å². The van der Waals surface area contributed by atoms with Crippen molar-refractivity contribution in [2.75, 3.05) is 11.9 Å². The number of hydrogen-bond acceptors (Lipinski definition) is 4. The Bertz CT molecular complexity index is 967. The van der Waals surface area contributed by atoms with Gasteiger partial charge in [0.25, 0.3) is 5.91 Å². The van der Waals surface area contributed by atoms with E-state index in [1.165, 1.54) is 18.3 Å². The highest BCUT2D eigenvalue weighted by atomic mass is 32.1. The zero-order valence-corrected chi connectivity index (χ0v) is 16.6. The second-order valence-corrected chi connectivity index (χ2v) is 7.22. The molecular formula is C22H22N2O3S. The molecule has 1 heterocycles. The van der Waals surface area contributed by atoms with Crippen LogP contribution in [0.15, 0.2) is 60.7 Å². The molecule has 2 aromatic carbocycles. The summed E-state index contributed by atoms with van der Waals surface area (Å²) < 4.78 is 5.68. The quantitative estimate of drug-likeness (QED) is 0.610. The van der Waals surface area contributed by atoms with Crippen LogP contribution in [0.3, 0.4) is 0 Å². The third-order valence-electron chi connectivity index (χ3n) is 3.96. The largest absolute Gasteiger partial charge is 0.492 e. The lowest BCUT2D eigenvalue weighted by atomic mass is 10.2. The summed E-state index contributed by atoms with van der Waals surface area (Å²) in [7, 11) is 0. The Morgan fingerprint density at radius 3 is 2.54 bits per heavy atom. The van der Waals surface area contributed by atoms with Crippen molar-refractivity contribution in [3.63, 3.8) is 0 Å². The fourth-order valence-electron chi connectivity index (χ4n) is 2.76. The van der Waals surface area contributed by atoms with Gasteiger partial charge in [0.15, 0.2) is 0 Å². The van der Waals surface area contributed by atoms with Crippen molar-refractivity contribution < 1.29 is 14.3 Å². The van der Waals surface area contributed by atoms with E-state index in [0.717, 1.165) is 16.0 Å². The number of anilines is 1. The number of carbonyl (C=O) groups excluding carboxylic acids is 2. The lowest BCUT2D eigenvalue weighted by Gasteiger charge is -2.08. The first kappa shape index (κ1) is 19.6. The van der Waals surface area contributed by atoms with Crippen LogP contribution in [-0.4, -0.2) is 18.4 Å². The van der Waals surface area contributed by atoms with Gasteiger partial charge in [0, 0.05) is 24.0 Å². The molecule has 5 nitrogen and oxygen atoms in total. The zero-order chi connectivity index (χ0) is 19.9. The normalized spacial score (nSPS) is 10.4. The Morgan fingerprint density at radius 2 is 1.82 bits per heavy atom. The Kier molecular flexibility index (Phi) is 6.45. The van der Waals surface area contributed by atoms with Crippen LogP contribution < -0.4 is 15.4 Å². The molecule has 1 aromatic heterocycles. The van der Waals surface area contributed by atoms with Crippen molar-refractivity contribution >= 4 is 28.8 Å². The van der Waals surface area contributed by atoms with Crippen molar-refractivity contribution in [1.82, 2.24) is 5.32 Å². The number of hydrogen-bond donors (Lipinski definition) is 2. The summed E-state index contributed by atoms with van der Waals surface area (Å²) in [6.45, 7) is 4.21. The summed E-state index contributed by atoms with van der Waals surface area (Å²) in [5.74, 6) is 0.283. The number of thiophene rings is 1. The summed E-state index contributed by atoms with van der Waals surface area (Å²) in [5.41, 5.74) is 2.66. The molecule has 144 valence electrons. The van der Waals surface area contributed by atoms with Gasteiger partial charge in [-0.05, 0) is 36.2 Å². The van der Waals surface area contributed by atoms with Gasteiger partial charge in [-0.1, -0.05) is 42.5 Å². The van der Waals surface area contributed by atoms with Crippen LogP contribution in [0.1, 0.15) is 29.1 Å². The van der Waals surface area contributed by atoms with E-state index in [2.05, 4.69) is 10.6 Å². The monoisotopic (exact) mass is 394 g/mol. The van der Waals surface area contributed by atoms with Gasteiger partial charge >= 0.3 is 0 Å². The third-order valence-corrected chi connectivity index (χ3v) is 5.13. The highest BCUT2D eigenvalue weighted by molar-refractivity contribution is 7.17. The van der Waals surface area contributed by atoms with Crippen molar-refractivity contribution in [3.05, 3.63) is 71.1 Å². The van der Waals surface area contributed by atoms with E-state index in [1.54, 1.807) is 0 Å². The number of rotatable bonds is 7. The molecule has 0 aliphatic rings. The highest BCUT2D eigenvalue weighted by Gasteiger charge is 2.18. The second kappa shape index (κ2) is 9.19. The molecule has 0 saturated heterocycles. The molecule has 0 spiro atoms. The van der Waals surface area contributed by atoms with Crippen LogP contribution in [0, 0.1) is 0 Å². The minimum atomic E-state index is -0.180. The van der Waals surface area contributed by atoms with Gasteiger partial charge in [-0.15, -0.1) is 11.3 Å². The van der Waals surface area contributed by atoms with Crippen LogP contribution in [0.25, 0.3) is 10.4 Å². The summed E-state index contributed by atoms with van der Waals surface area (Å²) in [6, 6.07) is 19.2. The molecule has 0 aliphatic carbocycles. The Hall–Kier alpha value is -3.12. The van der Waals surface area contributed by atoms with Crippen molar-refractivity contribution in [1.29, 1.82) is 0 Å². The van der Waals surface area contributed by atoms with Crippen LogP contribution >= 0.6 is 11.3 Å². The minimum absolute atomic E-state index is 0.130. The van der Waals surface area contributed by atoms with E-state index in [9.17, 15) is 9.59 Å². The zero-order valence-electron chi connectivity index (χ0n) is 15.8. The smallest absolute Gasteiger partial charge is 0.265 e. The van der Waals surface area contributed by atoms with Gasteiger partial charge in [0.1, 0.15) is 10.6 Å². The Morgan fingerprint density at radius 1 is 1.04 bits per heavy atom. The van der Waals surface area contributed by atoms with E-state index in [4.69, 9.17) is 4.74 Å². The van der Waals surface area contributed by atoms with E-state index < -0.39 is 0 Å². The first-order valence-corrected chi connectivity index (χ1v) is 9.85. The molecule has 0 bridgehead atoms. The van der Waals surface area contributed by atoms with E-state index in [0.29, 0.717) is 29.5 Å². The van der Waals surface area contributed by atoms with Crippen LogP contribution in [0.5, 0.6) is 5.75 Å². The fourth-order valence-corrected chi connectivity index (χ4v) is 3.79. The molecule has 0 aliphatic heterocycles. The average Bonchev–Trinajstić information content (AvgIpc) is 3.11. The molecule has 0 unspecified atom stereocenters. The summed E-state index contributed by atoms with van der Waals surface area (Å²) >= 11 is 1.41. The number of amides is 2. The average molecular weight is 394 g/mol. The van der Waals surface area contributed by atoms with Crippen molar-refractivity contribution in [2.45, 2.75) is 20.4 Å². The molecular weight excluding hydrogens is 372 g/mol. The molecule has 3 rings (SSSR count). The summed E-state index contributed by atoms with van der Waals surface area (Å²) in [5, 5.41) is 5.68. The molecule has 0 radical (unpaired) electrons. The molecule has 2 N–H and O–H groups in total. The maximum atomic E-state index is 12.8. The molecule has 0 fully saturated rings. The second-order valence-electron chi connectivity index (χ2n) is 6.17.